The van der Waals surface area contributed by atoms with E-state index in [1.807, 2.05) is 19.9 Å². The number of rotatable bonds is 1. The fraction of sp³-hybridized carbons (Fsp3) is 0.261. The van der Waals surface area contributed by atoms with Crippen LogP contribution in [-0.2, 0) is 0 Å². The van der Waals surface area contributed by atoms with Crippen molar-refractivity contribution in [3.63, 3.8) is 0 Å². The van der Waals surface area contributed by atoms with Gasteiger partial charge in [-0.25, -0.2) is 14.2 Å². The van der Waals surface area contributed by atoms with Crippen LogP contribution < -0.4 is 15.1 Å². The number of aromatic nitrogens is 1. The summed E-state index contributed by atoms with van der Waals surface area (Å²) in [4.78, 5) is 29.4. The number of nitrogens with zero attached hydrogens (tertiary/aromatic N) is 1. The number of hydrogen-bond donors (Lipinski definition) is 0. The van der Waals surface area contributed by atoms with E-state index in [0.29, 0.717) is 11.3 Å². The quantitative estimate of drug-likeness (QED) is 0.325. The van der Waals surface area contributed by atoms with E-state index in [-0.39, 0.29) is 61.9 Å². The standard InChI is InChI=1S/C23H16Cl2FNO5/c1-9-6-13(28)17-19(30-9)10-4-5-23(2,3)32-20(10)16-11(7-14(29)31-21(16)17)15-18(24)12(26)8-27-22(15)25/h4-5,7-9H,6H2,1-3H3. The van der Waals surface area contributed by atoms with Crippen LogP contribution in [0.2, 0.25) is 10.2 Å². The Labute approximate surface area is 191 Å². The monoisotopic (exact) mass is 475 g/mol. The van der Waals surface area contributed by atoms with Gasteiger partial charge in [-0.3, -0.25) is 4.79 Å². The Balaban J connectivity index is 2.02. The molecule has 3 aromatic rings. The zero-order chi connectivity index (χ0) is 22.9. The highest BCUT2D eigenvalue weighted by Gasteiger charge is 2.37. The molecule has 0 radical (unpaired) electrons. The van der Waals surface area contributed by atoms with E-state index in [1.165, 1.54) is 0 Å². The van der Waals surface area contributed by atoms with Crippen molar-refractivity contribution >= 4 is 46.0 Å². The molecule has 1 atom stereocenters. The van der Waals surface area contributed by atoms with Gasteiger partial charge < -0.3 is 13.9 Å². The van der Waals surface area contributed by atoms with Crippen LogP contribution >= 0.6 is 23.2 Å². The number of hydrogen-bond acceptors (Lipinski definition) is 6. The lowest BCUT2D eigenvalue weighted by molar-refractivity contribution is 0.0869. The number of fused-ring (bicyclic) bond motifs is 6. The van der Waals surface area contributed by atoms with Gasteiger partial charge in [0.05, 0.1) is 22.2 Å². The number of pyridine rings is 1. The molecule has 164 valence electrons. The molecule has 0 saturated carbocycles. The first-order valence-electron chi connectivity index (χ1n) is 9.83. The summed E-state index contributed by atoms with van der Waals surface area (Å²) < 4.78 is 32.1. The van der Waals surface area contributed by atoms with E-state index < -0.39 is 17.0 Å². The van der Waals surface area contributed by atoms with Crippen molar-refractivity contribution in [2.75, 3.05) is 0 Å². The van der Waals surface area contributed by atoms with Gasteiger partial charge in [0.2, 0.25) is 0 Å². The highest BCUT2D eigenvalue weighted by atomic mass is 35.5. The first-order chi connectivity index (χ1) is 15.1. The summed E-state index contributed by atoms with van der Waals surface area (Å²) in [6.45, 7) is 5.46. The smallest absolute Gasteiger partial charge is 0.336 e. The van der Waals surface area contributed by atoms with Crippen LogP contribution in [0.4, 0.5) is 4.39 Å². The largest absolute Gasteiger partial charge is 0.489 e. The second-order valence-electron chi connectivity index (χ2n) is 8.31. The van der Waals surface area contributed by atoms with Gasteiger partial charge in [0.25, 0.3) is 0 Å². The Morgan fingerprint density at radius 1 is 1.19 bits per heavy atom. The molecule has 0 bridgehead atoms. The van der Waals surface area contributed by atoms with Crippen molar-refractivity contribution in [3.8, 4) is 22.6 Å². The van der Waals surface area contributed by atoms with Crippen LogP contribution in [0, 0.1) is 5.82 Å². The van der Waals surface area contributed by atoms with Gasteiger partial charge in [-0.1, -0.05) is 23.2 Å². The maximum Gasteiger partial charge on any atom is 0.336 e. The molecule has 6 nitrogen and oxygen atoms in total. The minimum Gasteiger partial charge on any atom is -0.489 e. The molecule has 0 N–H and O–H groups in total. The van der Waals surface area contributed by atoms with Crippen molar-refractivity contribution in [1.82, 2.24) is 4.98 Å². The third-order valence-corrected chi connectivity index (χ3v) is 6.07. The normalized spacial score (nSPS) is 18.7. The summed E-state index contributed by atoms with van der Waals surface area (Å²) in [5.74, 6) is -0.477. The van der Waals surface area contributed by atoms with Gasteiger partial charge in [-0.15, -0.1) is 0 Å². The van der Waals surface area contributed by atoms with Crippen molar-refractivity contribution < 1.29 is 23.1 Å². The van der Waals surface area contributed by atoms with Gasteiger partial charge in [-0.2, -0.15) is 0 Å². The SMILES string of the molecule is CC1CC(=O)c2c(c3c(c4c(-c5c(Cl)ncc(F)c5Cl)cc(=O)oc24)OC(C)(C)C=C3)O1. The highest BCUT2D eigenvalue weighted by Crippen LogP contribution is 2.51. The Hall–Kier alpha value is -2.90. The number of ketones is 1. The van der Waals surface area contributed by atoms with Crippen molar-refractivity contribution in [1.29, 1.82) is 0 Å². The van der Waals surface area contributed by atoms with Gasteiger partial charge in [0.15, 0.2) is 17.2 Å². The van der Waals surface area contributed by atoms with E-state index in [9.17, 15) is 14.0 Å². The van der Waals surface area contributed by atoms with Gasteiger partial charge in [-0.05, 0) is 32.9 Å². The first kappa shape index (κ1) is 21.0. The molecule has 5 rings (SSSR count). The lowest BCUT2D eigenvalue weighted by Crippen LogP contribution is -2.30. The highest BCUT2D eigenvalue weighted by molar-refractivity contribution is 6.39. The topological polar surface area (TPSA) is 78.6 Å². The molecule has 1 unspecified atom stereocenters. The summed E-state index contributed by atoms with van der Waals surface area (Å²) in [6.07, 6.45) is 4.25. The number of benzene rings is 1. The average Bonchev–Trinajstić information content (AvgIpc) is 2.69. The van der Waals surface area contributed by atoms with E-state index >= 15 is 0 Å². The Kier molecular flexibility index (Phi) is 4.62. The molecule has 2 aliphatic heterocycles. The number of carbonyl (C=O) groups excluding carboxylic acids is 1. The van der Waals surface area contributed by atoms with Crippen LogP contribution in [0.5, 0.6) is 11.5 Å². The molecular weight excluding hydrogens is 460 g/mol. The maximum absolute atomic E-state index is 14.3. The lowest BCUT2D eigenvalue weighted by atomic mass is 9.89. The summed E-state index contributed by atoms with van der Waals surface area (Å²) in [5.41, 5.74) is -0.737. The second-order valence-corrected chi connectivity index (χ2v) is 9.05. The number of carbonyl (C=O) groups is 1. The van der Waals surface area contributed by atoms with Crippen molar-refractivity contribution in [3.05, 3.63) is 55.9 Å². The van der Waals surface area contributed by atoms with Gasteiger partial charge in [0, 0.05) is 23.6 Å². The van der Waals surface area contributed by atoms with Crippen LogP contribution in [0.25, 0.3) is 28.2 Å². The minimum atomic E-state index is -0.811. The molecule has 0 spiro atoms. The molecule has 32 heavy (non-hydrogen) atoms. The zero-order valence-electron chi connectivity index (χ0n) is 17.2. The molecule has 0 saturated heterocycles. The number of Topliss-reactive ketones (excluding diaryl/α,β-unsaturated/α-hetero) is 1. The van der Waals surface area contributed by atoms with Gasteiger partial charge in [0.1, 0.15) is 33.9 Å². The van der Waals surface area contributed by atoms with Crippen molar-refractivity contribution in [2.24, 2.45) is 0 Å². The predicted octanol–water partition coefficient (Wildman–Crippen LogP) is 5.84. The zero-order valence-corrected chi connectivity index (χ0v) is 18.7. The molecular formula is C23H16Cl2FNO5. The minimum absolute atomic E-state index is 0.00175. The number of ether oxygens (including phenoxy) is 2. The summed E-state index contributed by atoms with van der Waals surface area (Å²) in [5, 5.41) is -0.166. The predicted molar refractivity (Wildman–Crippen MR) is 118 cm³/mol. The van der Waals surface area contributed by atoms with Gasteiger partial charge >= 0.3 is 5.63 Å². The third kappa shape index (κ3) is 3.11. The molecule has 0 aliphatic carbocycles. The van der Waals surface area contributed by atoms with E-state index in [4.69, 9.17) is 37.1 Å². The lowest BCUT2D eigenvalue weighted by Gasteiger charge is -2.33. The van der Waals surface area contributed by atoms with Crippen LogP contribution in [0.3, 0.4) is 0 Å². The first-order valence-corrected chi connectivity index (χ1v) is 10.6. The summed E-state index contributed by atoms with van der Waals surface area (Å²) in [7, 11) is 0. The Morgan fingerprint density at radius 2 is 1.94 bits per heavy atom. The molecule has 4 heterocycles. The van der Waals surface area contributed by atoms with Crippen LogP contribution in [-0.4, -0.2) is 22.5 Å². The fourth-order valence-electron chi connectivity index (χ4n) is 4.06. The summed E-state index contributed by atoms with van der Waals surface area (Å²) >= 11 is 12.5. The Morgan fingerprint density at radius 3 is 2.69 bits per heavy atom. The van der Waals surface area contributed by atoms with Crippen LogP contribution in [0.1, 0.15) is 43.1 Å². The average molecular weight is 476 g/mol. The second kappa shape index (κ2) is 7.05. The maximum atomic E-state index is 14.3. The molecule has 0 amide bonds. The summed E-state index contributed by atoms with van der Waals surface area (Å²) in [6, 6.07) is 1.13. The molecule has 2 aliphatic rings. The molecule has 1 aromatic carbocycles. The Bertz CT molecular complexity index is 1430. The molecule has 2 aromatic heterocycles. The molecule has 0 fully saturated rings. The van der Waals surface area contributed by atoms with E-state index in [0.717, 1.165) is 12.3 Å². The van der Waals surface area contributed by atoms with E-state index in [2.05, 4.69) is 4.98 Å². The third-order valence-electron chi connectivity index (χ3n) is 5.41. The van der Waals surface area contributed by atoms with Crippen molar-refractivity contribution in [2.45, 2.75) is 38.9 Å². The van der Waals surface area contributed by atoms with E-state index in [1.54, 1.807) is 13.0 Å². The van der Waals surface area contributed by atoms with Crippen LogP contribution in [0.15, 0.2) is 27.6 Å². The number of halogens is 3. The fourth-order valence-corrected chi connectivity index (χ4v) is 4.60. The molecule has 9 heteroatoms.